The monoisotopic (exact) mass is 197 g/mol. The van der Waals surface area contributed by atoms with E-state index in [1.165, 1.54) is 6.42 Å². The van der Waals surface area contributed by atoms with E-state index in [1.807, 2.05) is 0 Å². The van der Waals surface area contributed by atoms with E-state index < -0.39 is 5.60 Å². The summed E-state index contributed by atoms with van der Waals surface area (Å²) >= 11 is 0. The van der Waals surface area contributed by atoms with Gasteiger partial charge in [0, 0.05) is 12.0 Å². The van der Waals surface area contributed by atoms with Crippen molar-refractivity contribution in [2.45, 2.75) is 51.6 Å². The average molecular weight is 197 g/mol. The lowest BCUT2D eigenvalue weighted by Gasteiger charge is -2.54. The van der Waals surface area contributed by atoms with Gasteiger partial charge in [0.25, 0.3) is 0 Å². The van der Waals surface area contributed by atoms with Crippen molar-refractivity contribution < 1.29 is 5.11 Å². The maximum Gasteiger partial charge on any atom is 0.0721 e. The molecule has 0 heterocycles. The summed E-state index contributed by atoms with van der Waals surface area (Å²) in [7, 11) is 0. The second-order valence-electron chi connectivity index (χ2n) is 5.88. The fraction of sp³-hybridized carbons (Fsp3) is 1.00. The molecule has 0 radical (unpaired) electrons. The average Bonchev–Trinajstić information content (AvgIpc) is 2.46. The predicted molar refractivity (Wildman–Crippen MR) is 57.9 cm³/mol. The maximum atomic E-state index is 10.6. The number of nitrogens with two attached hydrogens (primary N) is 1. The van der Waals surface area contributed by atoms with Gasteiger partial charge in [-0.25, -0.2) is 0 Å². The van der Waals surface area contributed by atoms with E-state index in [4.69, 9.17) is 5.73 Å². The van der Waals surface area contributed by atoms with Crippen LogP contribution in [-0.4, -0.2) is 17.3 Å². The van der Waals surface area contributed by atoms with E-state index in [2.05, 4.69) is 13.8 Å². The Morgan fingerprint density at radius 2 is 1.86 bits per heavy atom. The van der Waals surface area contributed by atoms with E-state index in [9.17, 15) is 5.11 Å². The van der Waals surface area contributed by atoms with Crippen molar-refractivity contribution in [2.24, 2.45) is 23.0 Å². The highest BCUT2D eigenvalue weighted by Crippen LogP contribution is 2.57. The Morgan fingerprint density at radius 3 is 2.21 bits per heavy atom. The first-order valence-electron chi connectivity index (χ1n) is 5.94. The van der Waals surface area contributed by atoms with Crippen molar-refractivity contribution in [1.82, 2.24) is 0 Å². The van der Waals surface area contributed by atoms with Crippen LogP contribution < -0.4 is 5.73 Å². The largest absolute Gasteiger partial charge is 0.389 e. The van der Waals surface area contributed by atoms with Crippen LogP contribution in [0.2, 0.25) is 0 Å². The van der Waals surface area contributed by atoms with Gasteiger partial charge in [0.2, 0.25) is 0 Å². The molecule has 82 valence electrons. The minimum atomic E-state index is -0.425. The molecule has 0 aliphatic heterocycles. The van der Waals surface area contributed by atoms with Gasteiger partial charge in [0.05, 0.1) is 5.60 Å². The molecule has 2 aliphatic carbocycles. The molecule has 2 fully saturated rings. The first kappa shape index (κ1) is 10.4. The summed E-state index contributed by atoms with van der Waals surface area (Å²) in [6.45, 7) is 5.17. The van der Waals surface area contributed by atoms with Crippen LogP contribution in [0.15, 0.2) is 0 Å². The van der Waals surface area contributed by atoms with Gasteiger partial charge in [-0.2, -0.15) is 0 Å². The van der Waals surface area contributed by atoms with Crippen molar-refractivity contribution in [3.8, 4) is 0 Å². The topological polar surface area (TPSA) is 46.2 Å². The standard InChI is InChI=1S/C12H23NO/c1-9-3-4-11(5-9,8-13)12(14)6-10(2)7-12/h9-10,14H,3-8,13H2,1-2H3. The Kier molecular flexibility index (Phi) is 2.39. The molecule has 2 unspecified atom stereocenters. The highest BCUT2D eigenvalue weighted by Gasteiger charge is 2.57. The molecule has 0 aromatic rings. The van der Waals surface area contributed by atoms with Gasteiger partial charge in [-0.3, -0.25) is 0 Å². The summed E-state index contributed by atoms with van der Waals surface area (Å²) in [6.07, 6.45) is 5.45. The minimum absolute atomic E-state index is 0.0545. The summed E-state index contributed by atoms with van der Waals surface area (Å²) in [5, 5.41) is 10.6. The van der Waals surface area contributed by atoms with Gasteiger partial charge >= 0.3 is 0 Å². The summed E-state index contributed by atoms with van der Waals surface area (Å²) in [5.74, 6) is 1.44. The third-order valence-electron chi connectivity index (χ3n) is 4.61. The molecule has 2 heteroatoms. The van der Waals surface area contributed by atoms with E-state index in [-0.39, 0.29) is 5.41 Å². The van der Waals surface area contributed by atoms with Crippen LogP contribution in [0.3, 0.4) is 0 Å². The quantitative estimate of drug-likeness (QED) is 0.710. The third-order valence-corrected chi connectivity index (χ3v) is 4.61. The summed E-state index contributed by atoms with van der Waals surface area (Å²) in [4.78, 5) is 0. The molecule has 14 heavy (non-hydrogen) atoms. The van der Waals surface area contributed by atoms with Gasteiger partial charge in [0.15, 0.2) is 0 Å². The van der Waals surface area contributed by atoms with Crippen molar-refractivity contribution in [3.63, 3.8) is 0 Å². The van der Waals surface area contributed by atoms with Crippen LogP contribution in [0, 0.1) is 17.3 Å². The van der Waals surface area contributed by atoms with Crippen LogP contribution in [0.1, 0.15) is 46.0 Å². The summed E-state index contributed by atoms with van der Waals surface area (Å²) < 4.78 is 0. The molecule has 0 aromatic carbocycles. The fourth-order valence-electron chi connectivity index (χ4n) is 3.72. The lowest BCUT2D eigenvalue weighted by atomic mass is 9.56. The molecule has 0 saturated heterocycles. The summed E-state index contributed by atoms with van der Waals surface area (Å²) in [6, 6.07) is 0. The number of rotatable bonds is 2. The van der Waals surface area contributed by atoms with Crippen LogP contribution in [0.5, 0.6) is 0 Å². The van der Waals surface area contributed by atoms with Crippen LogP contribution in [0.4, 0.5) is 0 Å². The van der Waals surface area contributed by atoms with Gasteiger partial charge < -0.3 is 10.8 Å². The van der Waals surface area contributed by atoms with E-state index in [1.54, 1.807) is 0 Å². The zero-order valence-electron chi connectivity index (χ0n) is 9.42. The second-order valence-corrected chi connectivity index (χ2v) is 5.88. The Labute approximate surface area is 86.9 Å². The van der Waals surface area contributed by atoms with Crippen LogP contribution in [0.25, 0.3) is 0 Å². The molecule has 2 aliphatic rings. The van der Waals surface area contributed by atoms with Gasteiger partial charge in [0.1, 0.15) is 0 Å². The molecule has 3 N–H and O–H groups in total. The first-order valence-corrected chi connectivity index (χ1v) is 5.94. The number of aliphatic hydroxyl groups is 1. The van der Waals surface area contributed by atoms with Crippen molar-refractivity contribution >= 4 is 0 Å². The van der Waals surface area contributed by atoms with E-state index in [0.29, 0.717) is 12.5 Å². The van der Waals surface area contributed by atoms with Gasteiger partial charge in [-0.15, -0.1) is 0 Å². The van der Waals surface area contributed by atoms with Crippen molar-refractivity contribution in [2.75, 3.05) is 6.54 Å². The molecule has 2 atom stereocenters. The van der Waals surface area contributed by atoms with Crippen LogP contribution >= 0.6 is 0 Å². The maximum absolute atomic E-state index is 10.6. The second kappa shape index (κ2) is 3.21. The van der Waals surface area contributed by atoms with Crippen molar-refractivity contribution in [3.05, 3.63) is 0 Å². The molecule has 2 saturated carbocycles. The predicted octanol–water partition coefficient (Wildman–Crippen LogP) is 1.91. The van der Waals surface area contributed by atoms with Crippen molar-refractivity contribution in [1.29, 1.82) is 0 Å². The Bertz CT molecular complexity index is 222. The molecule has 2 nitrogen and oxygen atoms in total. The lowest BCUT2D eigenvalue weighted by Crippen LogP contribution is -2.58. The molecule has 2 rings (SSSR count). The zero-order valence-corrected chi connectivity index (χ0v) is 9.42. The Balaban J connectivity index is 2.13. The third kappa shape index (κ3) is 1.31. The Morgan fingerprint density at radius 1 is 1.21 bits per heavy atom. The SMILES string of the molecule is CC1CC(O)(C2(CN)CCC(C)C2)C1. The molecule has 0 amide bonds. The van der Waals surface area contributed by atoms with Gasteiger partial charge in [-0.05, 0) is 37.5 Å². The number of hydrogen-bond acceptors (Lipinski definition) is 2. The zero-order chi connectivity index (χ0) is 10.4. The normalized spacial score (nSPS) is 53.1. The number of hydrogen-bond donors (Lipinski definition) is 2. The van der Waals surface area contributed by atoms with Crippen LogP contribution in [-0.2, 0) is 0 Å². The van der Waals surface area contributed by atoms with E-state index in [0.717, 1.165) is 31.6 Å². The highest BCUT2D eigenvalue weighted by atomic mass is 16.3. The lowest BCUT2D eigenvalue weighted by molar-refractivity contribution is -0.159. The molecular weight excluding hydrogens is 174 g/mol. The molecule has 0 aromatic heterocycles. The minimum Gasteiger partial charge on any atom is -0.389 e. The van der Waals surface area contributed by atoms with Gasteiger partial charge in [-0.1, -0.05) is 20.3 Å². The van der Waals surface area contributed by atoms with E-state index >= 15 is 0 Å². The highest BCUT2D eigenvalue weighted by molar-refractivity contribution is 5.09. The fourth-order valence-corrected chi connectivity index (χ4v) is 3.72. The molecule has 0 bridgehead atoms. The summed E-state index contributed by atoms with van der Waals surface area (Å²) in [5.41, 5.74) is 5.54. The molecular formula is C12H23NO. The first-order chi connectivity index (χ1) is 6.51. The molecule has 0 spiro atoms. The smallest absolute Gasteiger partial charge is 0.0721 e. The Hall–Kier alpha value is -0.0800.